The fraction of sp³-hybridized carbons (Fsp3) is 0.438. The maximum atomic E-state index is 12.6. The molecule has 0 bridgehead atoms. The Bertz CT molecular complexity index is 782. The van der Waals surface area contributed by atoms with Gasteiger partial charge in [0.05, 0.1) is 28.5 Å². The van der Waals surface area contributed by atoms with Crippen molar-refractivity contribution in [1.82, 2.24) is 9.78 Å². The molecule has 1 atom stereocenters. The lowest BCUT2D eigenvalue weighted by Gasteiger charge is -2.14. The van der Waals surface area contributed by atoms with E-state index in [2.05, 4.69) is 26.3 Å². The quantitative estimate of drug-likeness (QED) is 0.751. The summed E-state index contributed by atoms with van der Waals surface area (Å²) in [5.74, 6) is -0.652. The number of nitrogens with one attached hydrogen (secondary N) is 1. The van der Waals surface area contributed by atoms with E-state index in [0.717, 1.165) is 20.6 Å². The van der Waals surface area contributed by atoms with E-state index >= 15 is 0 Å². The second-order valence-corrected chi connectivity index (χ2v) is 7.47. The highest BCUT2D eigenvalue weighted by Gasteiger charge is 2.25. The number of aryl methyl sites for hydroxylation is 1. The van der Waals surface area contributed by atoms with Crippen LogP contribution in [0.25, 0.3) is 0 Å². The summed E-state index contributed by atoms with van der Waals surface area (Å²) in [5.41, 5.74) is 2.12. The van der Waals surface area contributed by atoms with Crippen LogP contribution in [0.2, 0.25) is 0 Å². The molecule has 1 unspecified atom stereocenters. The second kappa shape index (κ2) is 7.48. The molecular formula is C16H20BrN3O3S. The largest absolute Gasteiger partial charge is 0.462 e. The minimum atomic E-state index is -0.506. The number of carbonyl (C=O) groups is 2. The third kappa shape index (κ3) is 3.54. The maximum Gasteiger partial charge on any atom is 0.341 e. The van der Waals surface area contributed by atoms with Crippen molar-refractivity contribution in [2.75, 3.05) is 11.9 Å². The molecule has 2 aromatic rings. The molecule has 0 aliphatic rings. The number of carbonyl (C=O) groups excluding carboxylic acids is 2. The first-order chi connectivity index (χ1) is 11.3. The summed E-state index contributed by atoms with van der Waals surface area (Å²) in [7, 11) is 0. The predicted molar refractivity (Wildman–Crippen MR) is 97.8 cm³/mol. The van der Waals surface area contributed by atoms with E-state index < -0.39 is 12.0 Å². The first-order valence-electron chi connectivity index (χ1n) is 7.55. The van der Waals surface area contributed by atoms with E-state index in [1.54, 1.807) is 24.7 Å². The average Bonchev–Trinajstić information content (AvgIpc) is 2.99. The van der Waals surface area contributed by atoms with E-state index in [1.165, 1.54) is 11.3 Å². The molecule has 24 heavy (non-hydrogen) atoms. The summed E-state index contributed by atoms with van der Waals surface area (Å²) in [6.45, 7) is 9.45. The molecule has 130 valence electrons. The molecule has 2 heterocycles. The first kappa shape index (κ1) is 18.7. The van der Waals surface area contributed by atoms with Crippen molar-refractivity contribution >= 4 is 44.1 Å². The zero-order valence-electron chi connectivity index (χ0n) is 14.3. The Kier molecular flexibility index (Phi) is 5.82. The predicted octanol–water partition coefficient (Wildman–Crippen LogP) is 4.01. The molecule has 0 saturated carbocycles. The summed E-state index contributed by atoms with van der Waals surface area (Å²) in [4.78, 5) is 25.8. The molecule has 0 saturated heterocycles. The van der Waals surface area contributed by atoms with Gasteiger partial charge in [0.1, 0.15) is 11.0 Å². The molecule has 1 N–H and O–H groups in total. The van der Waals surface area contributed by atoms with Gasteiger partial charge in [0.15, 0.2) is 0 Å². The average molecular weight is 414 g/mol. The van der Waals surface area contributed by atoms with Crippen molar-refractivity contribution in [2.45, 2.75) is 40.7 Å². The van der Waals surface area contributed by atoms with Gasteiger partial charge in [-0.15, -0.1) is 11.3 Å². The number of esters is 1. The summed E-state index contributed by atoms with van der Waals surface area (Å²) in [6, 6.07) is -0.506. The second-order valence-electron chi connectivity index (χ2n) is 5.40. The normalized spacial score (nSPS) is 12.1. The lowest BCUT2D eigenvalue weighted by atomic mass is 10.1. The van der Waals surface area contributed by atoms with Crippen LogP contribution in [0, 0.1) is 20.8 Å². The lowest BCUT2D eigenvalue weighted by molar-refractivity contribution is -0.119. The monoisotopic (exact) mass is 413 g/mol. The van der Waals surface area contributed by atoms with Crippen LogP contribution in [0.4, 0.5) is 5.00 Å². The summed E-state index contributed by atoms with van der Waals surface area (Å²) >= 11 is 4.76. The Morgan fingerprint density at radius 3 is 2.62 bits per heavy atom. The SMILES string of the molecule is CCOC(=O)c1c(NC(=O)C(C)n2ncc(Br)c2C)sc(C)c1C. The van der Waals surface area contributed by atoms with Crippen LogP contribution >= 0.6 is 27.3 Å². The topological polar surface area (TPSA) is 73.2 Å². The number of thiophene rings is 1. The van der Waals surface area contributed by atoms with E-state index in [9.17, 15) is 9.59 Å². The third-order valence-electron chi connectivity index (χ3n) is 3.83. The highest BCUT2D eigenvalue weighted by atomic mass is 79.9. The van der Waals surface area contributed by atoms with Gasteiger partial charge in [-0.3, -0.25) is 9.48 Å². The zero-order chi connectivity index (χ0) is 18.0. The van der Waals surface area contributed by atoms with Crippen LogP contribution in [0.15, 0.2) is 10.7 Å². The van der Waals surface area contributed by atoms with Crippen molar-refractivity contribution in [3.05, 3.63) is 32.4 Å². The molecule has 1 amide bonds. The first-order valence-corrected chi connectivity index (χ1v) is 9.16. The summed E-state index contributed by atoms with van der Waals surface area (Å²) in [6.07, 6.45) is 1.66. The number of hydrogen-bond donors (Lipinski definition) is 1. The van der Waals surface area contributed by atoms with Crippen LogP contribution in [0.5, 0.6) is 0 Å². The Morgan fingerprint density at radius 2 is 2.08 bits per heavy atom. The molecule has 0 fully saturated rings. The van der Waals surface area contributed by atoms with Crippen molar-refractivity contribution in [2.24, 2.45) is 0 Å². The number of amides is 1. The highest BCUT2D eigenvalue weighted by molar-refractivity contribution is 9.10. The Labute approximate surface area is 153 Å². The molecule has 0 aliphatic heterocycles. The van der Waals surface area contributed by atoms with Crippen LogP contribution < -0.4 is 5.32 Å². The van der Waals surface area contributed by atoms with Crippen LogP contribution in [-0.4, -0.2) is 28.3 Å². The minimum Gasteiger partial charge on any atom is -0.462 e. The van der Waals surface area contributed by atoms with Crippen molar-refractivity contribution < 1.29 is 14.3 Å². The highest BCUT2D eigenvalue weighted by Crippen LogP contribution is 2.33. The minimum absolute atomic E-state index is 0.236. The van der Waals surface area contributed by atoms with Gasteiger partial charge in [0, 0.05) is 4.88 Å². The molecule has 8 heteroatoms. The van der Waals surface area contributed by atoms with Gasteiger partial charge in [-0.25, -0.2) is 4.79 Å². The van der Waals surface area contributed by atoms with Crippen molar-refractivity contribution in [3.8, 4) is 0 Å². The van der Waals surface area contributed by atoms with Gasteiger partial charge >= 0.3 is 5.97 Å². The maximum absolute atomic E-state index is 12.6. The molecular weight excluding hydrogens is 394 g/mol. The summed E-state index contributed by atoms with van der Waals surface area (Å²) < 4.78 is 7.58. The number of nitrogens with zero attached hydrogens (tertiary/aromatic N) is 2. The van der Waals surface area contributed by atoms with Gasteiger partial charge in [-0.05, 0) is 56.1 Å². The van der Waals surface area contributed by atoms with E-state index in [4.69, 9.17) is 4.74 Å². The number of rotatable bonds is 5. The standard InChI is InChI=1S/C16H20BrN3O3S/c1-6-23-16(22)13-8(2)11(5)24-15(13)19-14(21)10(4)20-9(3)12(17)7-18-20/h7,10H,6H2,1-5H3,(H,19,21). The number of halogens is 1. The number of aromatic nitrogens is 2. The van der Waals surface area contributed by atoms with Gasteiger partial charge < -0.3 is 10.1 Å². The van der Waals surface area contributed by atoms with Gasteiger partial charge in [-0.1, -0.05) is 0 Å². The molecule has 0 aliphatic carbocycles. The van der Waals surface area contributed by atoms with E-state index in [-0.39, 0.29) is 12.5 Å². The molecule has 2 aromatic heterocycles. The zero-order valence-corrected chi connectivity index (χ0v) is 16.7. The molecule has 2 rings (SSSR count). The Hall–Kier alpha value is -1.67. The van der Waals surface area contributed by atoms with Crippen LogP contribution in [0.1, 0.15) is 46.4 Å². The fourth-order valence-electron chi connectivity index (χ4n) is 2.28. The van der Waals surface area contributed by atoms with Crippen LogP contribution in [0.3, 0.4) is 0 Å². The van der Waals surface area contributed by atoms with E-state index in [0.29, 0.717) is 10.6 Å². The number of ether oxygens (including phenoxy) is 1. The Balaban J connectivity index is 2.27. The van der Waals surface area contributed by atoms with Gasteiger partial charge in [0.2, 0.25) is 5.91 Å². The molecule has 6 nitrogen and oxygen atoms in total. The smallest absolute Gasteiger partial charge is 0.341 e. The van der Waals surface area contributed by atoms with Crippen molar-refractivity contribution in [3.63, 3.8) is 0 Å². The van der Waals surface area contributed by atoms with Gasteiger partial charge in [-0.2, -0.15) is 5.10 Å². The van der Waals surface area contributed by atoms with Crippen molar-refractivity contribution in [1.29, 1.82) is 0 Å². The molecule has 0 aromatic carbocycles. The van der Waals surface area contributed by atoms with Crippen LogP contribution in [-0.2, 0) is 9.53 Å². The molecule has 0 radical (unpaired) electrons. The summed E-state index contributed by atoms with van der Waals surface area (Å²) in [5, 5.41) is 7.58. The molecule has 0 spiro atoms. The van der Waals surface area contributed by atoms with E-state index in [1.807, 2.05) is 20.8 Å². The fourth-order valence-corrected chi connectivity index (χ4v) is 3.61. The van der Waals surface area contributed by atoms with Gasteiger partial charge in [0.25, 0.3) is 0 Å². The lowest BCUT2D eigenvalue weighted by Crippen LogP contribution is -2.25. The third-order valence-corrected chi connectivity index (χ3v) is 5.73. The Morgan fingerprint density at radius 1 is 1.42 bits per heavy atom. The number of hydrogen-bond acceptors (Lipinski definition) is 5. The number of anilines is 1.